The van der Waals surface area contributed by atoms with E-state index in [-0.39, 0.29) is 18.5 Å². The molecule has 0 aromatic heterocycles. The van der Waals surface area contributed by atoms with Crippen molar-refractivity contribution in [3.63, 3.8) is 0 Å². The zero-order chi connectivity index (χ0) is 59.9. The predicted molar refractivity (Wildman–Crippen MR) is 366 cm³/mol. The monoisotopic (exact) mass is 1170 g/mol. The Morgan fingerprint density at radius 2 is 0.494 bits per heavy atom. The van der Waals surface area contributed by atoms with Gasteiger partial charge in [0.2, 0.25) is 5.91 Å². The molecule has 0 saturated carbocycles. The van der Waals surface area contributed by atoms with Gasteiger partial charge in [-0.05, 0) is 25.7 Å². The van der Waals surface area contributed by atoms with Crippen molar-refractivity contribution in [2.24, 2.45) is 0 Å². The Morgan fingerprint density at radius 1 is 0.289 bits per heavy atom. The van der Waals surface area contributed by atoms with Crippen LogP contribution in [-0.4, -0.2) is 47.4 Å². The lowest BCUT2D eigenvalue weighted by Crippen LogP contribution is -2.45. The minimum atomic E-state index is -0.658. The van der Waals surface area contributed by atoms with Crippen LogP contribution < -0.4 is 5.32 Å². The first-order valence-electron chi connectivity index (χ1n) is 38.8. The molecule has 3 N–H and O–H groups in total. The molecule has 0 aliphatic carbocycles. The first-order valence-corrected chi connectivity index (χ1v) is 38.8. The van der Waals surface area contributed by atoms with E-state index in [0.717, 1.165) is 38.5 Å². The first-order chi connectivity index (χ1) is 41.0. The van der Waals surface area contributed by atoms with E-state index in [4.69, 9.17) is 4.74 Å². The Bertz CT molecular complexity index is 1210. The van der Waals surface area contributed by atoms with E-state index in [1.54, 1.807) is 0 Å². The van der Waals surface area contributed by atoms with Gasteiger partial charge in [0.05, 0.1) is 25.4 Å². The van der Waals surface area contributed by atoms with E-state index in [1.165, 1.54) is 385 Å². The fraction of sp³-hybridized carbons (Fsp3) is 0.974. The van der Waals surface area contributed by atoms with Crippen LogP contribution in [0, 0.1) is 0 Å². The average molecular weight is 1170 g/mol. The van der Waals surface area contributed by atoms with Gasteiger partial charge in [-0.25, -0.2) is 0 Å². The summed E-state index contributed by atoms with van der Waals surface area (Å²) in [7, 11) is 0. The molecule has 0 aromatic carbocycles. The van der Waals surface area contributed by atoms with Crippen molar-refractivity contribution in [2.75, 3.05) is 13.2 Å². The molecule has 0 radical (unpaired) electrons. The number of unbranched alkanes of at least 4 members (excludes halogenated alkanes) is 63. The normalized spacial score (nSPS) is 12.4. The van der Waals surface area contributed by atoms with Gasteiger partial charge in [-0.2, -0.15) is 0 Å². The first kappa shape index (κ1) is 81.9. The number of aliphatic hydroxyl groups is 2. The fourth-order valence-corrected chi connectivity index (χ4v) is 12.8. The molecule has 0 aromatic rings. The van der Waals surface area contributed by atoms with Gasteiger partial charge in [-0.15, -0.1) is 0 Å². The third-order valence-corrected chi connectivity index (χ3v) is 18.7. The second-order valence-corrected chi connectivity index (χ2v) is 27.1. The van der Waals surface area contributed by atoms with Crippen LogP contribution in [0.4, 0.5) is 0 Å². The third kappa shape index (κ3) is 69.8. The van der Waals surface area contributed by atoms with E-state index in [0.29, 0.717) is 25.9 Å². The highest BCUT2D eigenvalue weighted by atomic mass is 16.5. The highest BCUT2D eigenvalue weighted by Crippen LogP contribution is 2.20. The van der Waals surface area contributed by atoms with Crippen LogP contribution in [0.2, 0.25) is 0 Å². The summed E-state index contributed by atoms with van der Waals surface area (Å²) in [5.74, 6) is 0.00120. The number of carbonyl (C=O) groups excluding carboxylic acids is 2. The van der Waals surface area contributed by atoms with Crippen molar-refractivity contribution < 1.29 is 24.5 Å². The molecule has 0 aliphatic heterocycles. The Labute approximate surface area is 521 Å². The quantitative estimate of drug-likeness (QED) is 0.0417. The number of aliphatic hydroxyl groups excluding tert-OH is 2. The van der Waals surface area contributed by atoms with E-state index < -0.39 is 12.1 Å². The number of esters is 1. The smallest absolute Gasteiger partial charge is 0.305 e. The Hall–Kier alpha value is -1.14. The number of rotatable bonds is 74. The zero-order valence-corrected chi connectivity index (χ0v) is 57.0. The van der Waals surface area contributed by atoms with Crippen molar-refractivity contribution in [3.05, 3.63) is 0 Å². The summed E-state index contributed by atoms with van der Waals surface area (Å²) in [5.41, 5.74) is 0. The maximum Gasteiger partial charge on any atom is 0.305 e. The van der Waals surface area contributed by atoms with Crippen LogP contribution >= 0.6 is 0 Å². The number of nitrogens with one attached hydrogen (secondary N) is 1. The lowest BCUT2D eigenvalue weighted by Gasteiger charge is -2.22. The molecule has 2 atom stereocenters. The number of hydrogen-bond donors (Lipinski definition) is 3. The fourth-order valence-electron chi connectivity index (χ4n) is 12.8. The largest absolute Gasteiger partial charge is 0.466 e. The van der Waals surface area contributed by atoms with Gasteiger partial charge in [0.15, 0.2) is 0 Å². The van der Waals surface area contributed by atoms with Crippen LogP contribution in [0.1, 0.15) is 457 Å². The van der Waals surface area contributed by atoms with E-state index in [9.17, 15) is 19.8 Å². The lowest BCUT2D eigenvalue weighted by molar-refractivity contribution is -0.143. The summed E-state index contributed by atoms with van der Waals surface area (Å²) >= 11 is 0. The minimum Gasteiger partial charge on any atom is -0.466 e. The van der Waals surface area contributed by atoms with Gasteiger partial charge in [0.1, 0.15) is 0 Å². The minimum absolute atomic E-state index is 0.0247. The maximum absolute atomic E-state index is 12.5. The van der Waals surface area contributed by atoms with Crippen LogP contribution in [0.3, 0.4) is 0 Å². The molecule has 1 amide bonds. The van der Waals surface area contributed by atoms with Gasteiger partial charge in [0, 0.05) is 12.8 Å². The summed E-state index contributed by atoms with van der Waals surface area (Å²) in [6, 6.07) is -0.535. The molecule has 0 bridgehead atoms. The van der Waals surface area contributed by atoms with Gasteiger partial charge >= 0.3 is 5.97 Å². The molecule has 83 heavy (non-hydrogen) atoms. The predicted octanol–water partition coefficient (Wildman–Crippen LogP) is 25.3. The maximum atomic E-state index is 12.5. The summed E-state index contributed by atoms with van der Waals surface area (Å²) in [6.07, 6.45) is 90.6. The molecule has 0 aliphatic rings. The molecule has 2 unspecified atom stereocenters. The standard InChI is InChI=1S/C77H153NO5/c1-3-5-7-9-11-13-15-17-43-46-49-53-57-61-65-69-75(80)74(73-79)78-76(81)70-66-62-58-54-50-47-44-41-39-37-35-33-31-29-27-25-23-21-19-18-20-22-24-26-28-30-32-34-36-38-40-42-45-48-52-56-60-64-68-72-83-77(82)71-67-63-59-55-51-16-14-12-10-8-6-4-2/h74-75,79-80H,3-73H2,1-2H3,(H,78,81). The van der Waals surface area contributed by atoms with Crippen molar-refractivity contribution >= 4 is 11.9 Å². The summed E-state index contributed by atoms with van der Waals surface area (Å²) in [5, 5.41) is 23.4. The molecule has 0 saturated heterocycles. The molecule has 0 rings (SSSR count). The summed E-state index contributed by atoms with van der Waals surface area (Å²) in [6.45, 7) is 5.00. The molecule has 496 valence electrons. The van der Waals surface area contributed by atoms with Crippen molar-refractivity contribution in [1.29, 1.82) is 0 Å². The Morgan fingerprint density at radius 3 is 0.735 bits per heavy atom. The van der Waals surface area contributed by atoms with Crippen molar-refractivity contribution in [1.82, 2.24) is 5.32 Å². The van der Waals surface area contributed by atoms with Gasteiger partial charge in [-0.3, -0.25) is 9.59 Å². The molecule has 0 fully saturated rings. The molecule has 0 spiro atoms. The zero-order valence-electron chi connectivity index (χ0n) is 57.0. The van der Waals surface area contributed by atoms with Crippen LogP contribution in [0.15, 0.2) is 0 Å². The summed E-state index contributed by atoms with van der Waals surface area (Å²) in [4.78, 5) is 24.6. The highest BCUT2D eigenvalue weighted by molar-refractivity contribution is 5.76. The van der Waals surface area contributed by atoms with Crippen LogP contribution in [-0.2, 0) is 14.3 Å². The van der Waals surface area contributed by atoms with Gasteiger partial charge in [-0.1, -0.05) is 418 Å². The summed E-state index contributed by atoms with van der Waals surface area (Å²) < 4.78 is 5.49. The second-order valence-electron chi connectivity index (χ2n) is 27.1. The second kappa shape index (κ2) is 73.3. The van der Waals surface area contributed by atoms with E-state index in [2.05, 4.69) is 19.2 Å². The average Bonchev–Trinajstić information content (AvgIpc) is 3.49. The van der Waals surface area contributed by atoms with Gasteiger partial charge < -0.3 is 20.3 Å². The number of hydrogen-bond acceptors (Lipinski definition) is 5. The Kier molecular flexibility index (Phi) is 72.3. The Balaban J connectivity index is 3.27. The van der Waals surface area contributed by atoms with Gasteiger partial charge in [0.25, 0.3) is 0 Å². The van der Waals surface area contributed by atoms with Crippen LogP contribution in [0.25, 0.3) is 0 Å². The van der Waals surface area contributed by atoms with E-state index in [1.807, 2.05) is 0 Å². The number of amides is 1. The van der Waals surface area contributed by atoms with Crippen molar-refractivity contribution in [3.8, 4) is 0 Å². The molecular weight excluding hydrogens is 1020 g/mol. The van der Waals surface area contributed by atoms with Crippen LogP contribution in [0.5, 0.6) is 0 Å². The molecule has 6 nitrogen and oxygen atoms in total. The number of carbonyl (C=O) groups is 2. The lowest BCUT2D eigenvalue weighted by atomic mass is 10.0. The third-order valence-electron chi connectivity index (χ3n) is 18.7. The topological polar surface area (TPSA) is 95.9 Å². The van der Waals surface area contributed by atoms with Crippen molar-refractivity contribution in [2.45, 2.75) is 469 Å². The molecule has 0 heterocycles. The number of ether oxygens (including phenoxy) is 1. The molecule has 6 heteroatoms. The highest BCUT2D eigenvalue weighted by Gasteiger charge is 2.20. The van der Waals surface area contributed by atoms with E-state index >= 15 is 0 Å². The molecular formula is C77H153NO5. The SMILES string of the molecule is CCCCCCCCCCCCCCCCCC(O)C(CO)NC(=O)CCCCCCCCCCCCCCCCCCCCCCCCCCCCCCCCCCCCCCCCCOC(=O)CCCCCCCCCCCCCC.